The minimum absolute atomic E-state index is 0. The van der Waals surface area contributed by atoms with Gasteiger partial charge in [0.1, 0.15) is 0 Å². The molecular formula is C20H23ClN2O. The Morgan fingerprint density at radius 2 is 1.71 bits per heavy atom. The lowest BCUT2D eigenvalue weighted by Crippen LogP contribution is -2.45. The lowest BCUT2D eigenvalue weighted by molar-refractivity contribution is -0.111. The number of benzene rings is 2. The van der Waals surface area contributed by atoms with E-state index >= 15 is 0 Å². The zero-order chi connectivity index (χ0) is 16.4. The van der Waals surface area contributed by atoms with Crippen LogP contribution in [-0.4, -0.2) is 23.4 Å². The third-order valence-electron chi connectivity index (χ3n) is 4.49. The fourth-order valence-corrected chi connectivity index (χ4v) is 3.01. The van der Waals surface area contributed by atoms with Gasteiger partial charge in [-0.1, -0.05) is 42.5 Å². The van der Waals surface area contributed by atoms with Gasteiger partial charge in [-0.05, 0) is 38.0 Å². The first-order valence-corrected chi connectivity index (χ1v) is 7.87. The van der Waals surface area contributed by atoms with Gasteiger partial charge in [-0.3, -0.25) is 4.79 Å². The predicted molar refractivity (Wildman–Crippen MR) is 102 cm³/mol. The highest BCUT2D eigenvalue weighted by Gasteiger charge is 2.33. The van der Waals surface area contributed by atoms with Gasteiger partial charge in [-0.15, -0.1) is 12.4 Å². The van der Waals surface area contributed by atoms with E-state index in [2.05, 4.69) is 49.3 Å². The molecule has 1 amide bonds. The highest BCUT2D eigenvalue weighted by atomic mass is 35.5. The average molecular weight is 343 g/mol. The first-order chi connectivity index (χ1) is 11.0. The second-order valence-corrected chi connectivity index (χ2v) is 6.59. The minimum Gasteiger partial charge on any atom is -0.368 e. The molecule has 0 saturated carbocycles. The monoisotopic (exact) mass is 342 g/mol. The Bertz CT molecular complexity index is 753. The quantitative estimate of drug-likeness (QED) is 0.823. The van der Waals surface area contributed by atoms with Gasteiger partial charge in [0.05, 0.1) is 0 Å². The Morgan fingerprint density at radius 1 is 1.08 bits per heavy atom. The first kappa shape index (κ1) is 18.1. The Morgan fingerprint density at radius 3 is 2.42 bits per heavy atom. The Balaban J connectivity index is 0.00000208. The Kier molecular flexibility index (Phi) is 5.35. The van der Waals surface area contributed by atoms with Crippen LogP contribution in [0.5, 0.6) is 0 Å². The molecule has 2 aromatic carbocycles. The molecule has 1 heterocycles. The number of fused-ring (bicyclic) bond motifs is 1. The first-order valence-electron chi connectivity index (χ1n) is 7.87. The standard InChI is InChI=1S/C20H22N2O.ClH/c1-20(2)14-15-9-7-8-12-17(15)18(22(20)3)13-19(23)21-16-10-5-4-6-11-16;/h4-13H,14H2,1-3H3,(H,21,23);1H/b18-13-;. The number of para-hydroxylation sites is 1. The third kappa shape index (κ3) is 3.62. The molecule has 0 saturated heterocycles. The van der Waals surface area contributed by atoms with E-state index in [1.165, 1.54) is 5.56 Å². The molecule has 0 spiro atoms. The second-order valence-electron chi connectivity index (χ2n) is 6.59. The molecule has 0 fully saturated rings. The summed E-state index contributed by atoms with van der Waals surface area (Å²) in [6.07, 6.45) is 2.67. The number of hydrogen-bond donors (Lipinski definition) is 1. The van der Waals surface area contributed by atoms with Gasteiger partial charge in [-0.2, -0.15) is 0 Å². The van der Waals surface area contributed by atoms with Crippen molar-refractivity contribution in [3.63, 3.8) is 0 Å². The molecule has 3 nitrogen and oxygen atoms in total. The maximum absolute atomic E-state index is 12.4. The molecule has 0 bridgehead atoms. The number of rotatable bonds is 2. The summed E-state index contributed by atoms with van der Waals surface area (Å²) >= 11 is 0. The van der Waals surface area contributed by atoms with Gasteiger partial charge in [0.15, 0.2) is 0 Å². The number of likely N-dealkylation sites (N-methyl/N-ethyl adjacent to an activating group) is 1. The molecule has 0 aliphatic carbocycles. The molecule has 4 heteroatoms. The van der Waals surface area contributed by atoms with Gasteiger partial charge in [0, 0.05) is 35.6 Å². The molecule has 1 N–H and O–H groups in total. The molecule has 0 unspecified atom stereocenters. The van der Waals surface area contributed by atoms with Crippen molar-refractivity contribution in [3.05, 3.63) is 71.8 Å². The molecule has 0 atom stereocenters. The Hall–Kier alpha value is -2.26. The van der Waals surface area contributed by atoms with Crippen molar-refractivity contribution in [2.45, 2.75) is 25.8 Å². The van der Waals surface area contributed by atoms with Crippen LogP contribution in [0, 0.1) is 0 Å². The number of amides is 1. The van der Waals surface area contributed by atoms with E-state index in [-0.39, 0.29) is 23.9 Å². The van der Waals surface area contributed by atoms with Gasteiger partial charge >= 0.3 is 0 Å². The summed E-state index contributed by atoms with van der Waals surface area (Å²) in [5.41, 5.74) is 4.17. The fraction of sp³-hybridized carbons (Fsp3) is 0.250. The van der Waals surface area contributed by atoms with Crippen molar-refractivity contribution in [2.75, 3.05) is 12.4 Å². The van der Waals surface area contributed by atoms with E-state index in [0.717, 1.165) is 23.4 Å². The molecule has 126 valence electrons. The van der Waals surface area contributed by atoms with Crippen molar-refractivity contribution >= 4 is 29.7 Å². The largest absolute Gasteiger partial charge is 0.368 e. The summed E-state index contributed by atoms with van der Waals surface area (Å²) in [6, 6.07) is 17.8. The summed E-state index contributed by atoms with van der Waals surface area (Å²) in [5.74, 6) is -0.106. The number of anilines is 1. The van der Waals surface area contributed by atoms with E-state index < -0.39 is 0 Å². The van der Waals surface area contributed by atoms with E-state index in [0.29, 0.717) is 0 Å². The number of hydrogen-bond acceptors (Lipinski definition) is 2. The second kappa shape index (κ2) is 7.10. The van der Waals surface area contributed by atoms with Crippen LogP contribution in [0.15, 0.2) is 60.7 Å². The Labute approximate surface area is 149 Å². The normalized spacial score (nSPS) is 17.0. The van der Waals surface area contributed by atoms with Crippen molar-refractivity contribution in [2.24, 2.45) is 0 Å². The summed E-state index contributed by atoms with van der Waals surface area (Å²) in [7, 11) is 2.05. The summed E-state index contributed by atoms with van der Waals surface area (Å²) < 4.78 is 0. The average Bonchev–Trinajstić information content (AvgIpc) is 2.52. The van der Waals surface area contributed by atoms with Gasteiger partial charge < -0.3 is 10.2 Å². The maximum Gasteiger partial charge on any atom is 0.250 e. The zero-order valence-electron chi connectivity index (χ0n) is 14.2. The van der Waals surface area contributed by atoms with E-state index in [4.69, 9.17) is 0 Å². The van der Waals surface area contributed by atoms with E-state index in [1.807, 2.05) is 36.4 Å². The van der Waals surface area contributed by atoms with Crippen LogP contribution in [0.2, 0.25) is 0 Å². The summed E-state index contributed by atoms with van der Waals surface area (Å²) in [6.45, 7) is 4.40. The molecule has 1 aliphatic heterocycles. The van der Waals surface area contributed by atoms with Gasteiger partial charge in [0.2, 0.25) is 5.91 Å². The van der Waals surface area contributed by atoms with Crippen LogP contribution in [0.25, 0.3) is 5.70 Å². The van der Waals surface area contributed by atoms with Crippen molar-refractivity contribution < 1.29 is 4.79 Å². The van der Waals surface area contributed by atoms with E-state index in [9.17, 15) is 4.79 Å². The van der Waals surface area contributed by atoms with Crippen LogP contribution >= 0.6 is 12.4 Å². The molecule has 0 aromatic heterocycles. The van der Waals surface area contributed by atoms with Crippen LogP contribution in [0.1, 0.15) is 25.0 Å². The molecule has 0 radical (unpaired) electrons. The number of nitrogens with one attached hydrogen (secondary N) is 1. The molecule has 2 aromatic rings. The van der Waals surface area contributed by atoms with E-state index in [1.54, 1.807) is 6.08 Å². The number of halogens is 1. The maximum atomic E-state index is 12.4. The van der Waals surface area contributed by atoms with Crippen LogP contribution in [-0.2, 0) is 11.2 Å². The summed E-state index contributed by atoms with van der Waals surface area (Å²) in [5, 5.41) is 2.93. The van der Waals surface area contributed by atoms with Crippen molar-refractivity contribution in [1.29, 1.82) is 0 Å². The SMILES string of the molecule is CN1/C(=C\C(=O)Nc2ccccc2)c2ccccc2CC1(C)C.Cl. The minimum atomic E-state index is -0.106. The smallest absolute Gasteiger partial charge is 0.250 e. The third-order valence-corrected chi connectivity index (χ3v) is 4.49. The predicted octanol–water partition coefficient (Wildman–Crippen LogP) is 4.35. The lowest BCUT2D eigenvalue weighted by Gasteiger charge is -2.44. The van der Waals surface area contributed by atoms with Crippen molar-refractivity contribution in [3.8, 4) is 0 Å². The molecule has 3 rings (SSSR count). The highest BCUT2D eigenvalue weighted by Crippen LogP contribution is 2.36. The van der Waals surface area contributed by atoms with Crippen LogP contribution < -0.4 is 5.32 Å². The summed E-state index contributed by atoms with van der Waals surface area (Å²) in [4.78, 5) is 14.6. The fourth-order valence-electron chi connectivity index (χ4n) is 3.01. The zero-order valence-corrected chi connectivity index (χ0v) is 15.1. The molecule has 1 aliphatic rings. The number of carbonyl (C=O) groups is 1. The topological polar surface area (TPSA) is 32.3 Å². The van der Waals surface area contributed by atoms with Crippen molar-refractivity contribution in [1.82, 2.24) is 4.90 Å². The highest BCUT2D eigenvalue weighted by molar-refractivity contribution is 6.04. The lowest BCUT2D eigenvalue weighted by atomic mass is 9.84. The van der Waals surface area contributed by atoms with Gasteiger partial charge in [-0.25, -0.2) is 0 Å². The van der Waals surface area contributed by atoms with Gasteiger partial charge in [0.25, 0.3) is 0 Å². The molecule has 24 heavy (non-hydrogen) atoms. The van der Waals surface area contributed by atoms with Crippen LogP contribution in [0.4, 0.5) is 5.69 Å². The number of nitrogens with zero attached hydrogens (tertiary/aromatic N) is 1. The van der Waals surface area contributed by atoms with Crippen LogP contribution in [0.3, 0.4) is 0 Å². The molecular weight excluding hydrogens is 320 g/mol. The number of carbonyl (C=O) groups excluding carboxylic acids is 1.